The minimum absolute atomic E-state index is 0.168. The van der Waals surface area contributed by atoms with Gasteiger partial charge in [-0.1, -0.05) is 36.9 Å². The molecule has 0 fully saturated rings. The fourth-order valence-corrected chi connectivity index (χ4v) is 4.92. The number of aromatic hydroxyl groups is 1. The summed E-state index contributed by atoms with van der Waals surface area (Å²) in [6, 6.07) is 15.7. The molecule has 1 N–H and O–H groups in total. The summed E-state index contributed by atoms with van der Waals surface area (Å²) >= 11 is 0. The van der Waals surface area contributed by atoms with Crippen molar-refractivity contribution >= 4 is 14.3 Å². The van der Waals surface area contributed by atoms with Gasteiger partial charge in [-0.3, -0.25) is 4.79 Å². The third-order valence-electron chi connectivity index (χ3n) is 6.15. The SMILES string of the molecule is C=C[Si](C)(C)Oc1ccc(C(CC(CC)c2ccc(O)cc2)CC(C)(C)C(=O)OC)cc1. The second-order valence-corrected chi connectivity index (χ2v) is 13.5. The molecule has 2 aromatic rings. The van der Waals surface area contributed by atoms with Crippen molar-refractivity contribution in [2.75, 3.05) is 7.11 Å². The molecule has 0 spiro atoms. The number of benzene rings is 2. The fraction of sp³-hybridized carbons (Fsp3) is 0.444. The van der Waals surface area contributed by atoms with Gasteiger partial charge >= 0.3 is 5.97 Å². The number of rotatable bonds is 11. The standard InChI is InChI=1S/C27H38O4Si/c1-8-20(21-10-14-24(28)15-11-21)18-23(19-27(3,4)26(29)30-5)22-12-16-25(17-13-22)31-32(6,7)9-2/h9-17,20,23,28H,2,8,18-19H2,1,3-7H3. The number of esters is 1. The third kappa shape index (κ3) is 6.99. The Morgan fingerprint density at radius 3 is 2.09 bits per heavy atom. The van der Waals surface area contributed by atoms with Gasteiger partial charge in [0.15, 0.2) is 0 Å². The van der Waals surface area contributed by atoms with Gasteiger partial charge in [-0.05, 0) is 93.4 Å². The Kier molecular flexibility index (Phi) is 8.73. The fourth-order valence-electron chi connectivity index (χ4n) is 4.09. The number of hydrogen-bond donors (Lipinski definition) is 1. The minimum atomic E-state index is -1.92. The Labute approximate surface area is 194 Å². The van der Waals surface area contributed by atoms with E-state index in [9.17, 15) is 9.90 Å². The van der Waals surface area contributed by atoms with Crippen molar-refractivity contribution in [1.29, 1.82) is 0 Å². The average molecular weight is 455 g/mol. The van der Waals surface area contributed by atoms with Crippen molar-refractivity contribution in [2.24, 2.45) is 5.41 Å². The molecule has 0 radical (unpaired) electrons. The first-order valence-corrected chi connectivity index (χ1v) is 14.3. The molecule has 5 heteroatoms. The van der Waals surface area contributed by atoms with Gasteiger partial charge in [0.2, 0.25) is 0 Å². The molecule has 4 nitrogen and oxygen atoms in total. The molecule has 2 rings (SSSR count). The number of ether oxygens (including phenoxy) is 1. The Morgan fingerprint density at radius 1 is 1.06 bits per heavy atom. The Morgan fingerprint density at radius 2 is 1.59 bits per heavy atom. The van der Waals surface area contributed by atoms with Gasteiger partial charge in [0.25, 0.3) is 8.32 Å². The Hall–Kier alpha value is -2.53. The second-order valence-electron chi connectivity index (χ2n) is 9.69. The van der Waals surface area contributed by atoms with Crippen molar-refractivity contribution in [3.63, 3.8) is 0 Å². The topological polar surface area (TPSA) is 55.8 Å². The molecule has 0 saturated heterocycles. The first-order valence-electron chi connectivity index (χ1n) is 11.3. The van der Waals surface area contributed by atoms with Gasteiger partial charge in [0.05, 0.1) is 12.5 Å². The van der Waals surface area contributed by atoms with E-state index in [1.807, 2.05) is 43.8 Å². The van der Waals surface area contributed by atoms with Gasteiger partial charge < -0.3 is 14.3 Å². The molecule has 0 heterocycles. The molecular formula is C27H38O4Si. The molecule has 0 aromatic heterocycles. The maximum Gasteiger partial charge on any atom is 0.311 e. The molecule has 0 saturated carbocycles. The van der Waals surface area contributed by atoms with E-state index in [2.05, 4.69) is 38.7 Å². The first-order chi connectivity index (χ1) is 15.0. The van der Waals surface area contributed by atoms with Gasteiger partial charge in [-0.2, -0.15) is 0 Å². The lowest BCUT2D eigenvalue weighted by molar-refractivity contribution is -0.151. The van der Waals surface area contributed by atoms with Crippen molar-refractivity contribution in [3.8, 4) is 11.5 Å². The molecular weight excluding hydrogens is 416 g/mol. The number of phenols is 1. The van der Waals surface area contributed by atoms with E-state index in [0.717, 1.165) is 18.6 Å². The van der Waals surface area contributed by atoms with Crippen LogP contribution >= 0.6 is 0 Å². The van der Waals surface area contributed by atoms with Crippen molar-refractivity contribution in [2.45, 2.75) is 65.0 Å². The zero-order valence-electron chi connectivity index (χ0n) is 20.4. The summed E-state index contributed by atoms with van der Waals surface area (Å²) in [6.07, 6.45) is 2.55. The summed E-state index contributed by atoms with van der Waals surface area (Å²) in [4.78, 5) is 12.4. The van der Waals surface area contributed by atoms with E-state index < -0.39 is 13.7 Å². The Bertz CT molecular complexity index is 885. The zero-order valence-corrected chi connectivity index (χ0v) is 21.4. The summed E-state index contributed by atoms with van der Waals surface area (Å²) in [5.41, 5.74) is 3.71. The van der Waals surface area contributed by atoms with Crippen molar-refractivity contribution in [1.82, 2.24) is 0 Å². The van der Waals surface area contributed by atoms with Gasteiger partial charge in [-0.25, -0.2) is 0 Å². The Balaban J connectivity index is 2.34. The number of phenolic OH excluding ortho intramolecular Hbond substituents is 1. The van der Waals surface area contributed by atoms with E-state index in [0.29, 0.717) is 12.3 Å². The number of methoxy groups -OCH3 is 1. The van der Waals surface area contributed by atoms with Crippen LogP contribution in [-0.2, 0) is 9.53 Å². The van der Waals surface area contributed by atoms with Crippen LogP contribution in [0.25, 0.3) is 0 Å². The summed E-state index contributed by atoms with van der Waals surface area (Å²) in [5.74, 6) is 1.41. The molecule has 0 bridgehead atoms. The molecule has 174 valence electrons. The number of hydrogen-bond acceptors (Lipinski definition) is 4. The maximum absolute atomic E-state index is 12.4. The van der Waals surface area contributed by atoms with E-state index in [1.165, 1.54) is 18.2 Å². The summed E-state index contributed by atoms with van der Waals surface area (Å²) in [7, 11) is -0.473. The lowest BCUT2D eigenvalue weighted by Gasteiger charge is -2.30. The molecule has 2 atom stereocenters. The highest BCUT2D eigenvalue weighted by Crippen LogP contribution is 2.40. The molecule has 2 unspecified atom stereocenters. The molecule has 0 aliphatic carbocycles. The summed E-state index contributed by atoms with van der Waals surface area (Å²) < 4.78 is 11.2. The third-order valence-corrected chi connectivity index (χ3v) is 7.89. The van der Waals surface area contributed by atoms with Gasteiger partial charge in [0.1, 0.15) is 11.5 Å². The van der Waals surface area contributed by atoms with Crippen LogP contribution in [0.1, 0.15) is 63.0 Å². The largest absolute Gasteiger partial charge is 0.540 e. The lowest BCUT2D eigenvalue weighted by Crippen LogP contribution is -2.31. The smallest absolute Gasteiger partial charge is 0.311 e. The van der Waals surface area contributed by atoms with Crippen molar-refractivity contribution < 1.29 is 19.1 Å². The van der Waals surface area contributed by atoms with Crippen LogP contribution in [0, 0.1) is 5.41 Å². The highest BCUT2D eigenvalue weighted by molar-refractivity contribution is 6.76. The van der Waals surface area contributed by atoms with E-state index in [-0.39, 0.29) is 17.6 Å². The van der Waals surface area contributed by atoms with E-state index in [1.54, 1.807) is 12.1 Å². The van der Waals surface area contributed by atoms with Crippen LogP contribution in [0.5, 0.6) is 11.5 Å². The molecule has 0 aliphatic heterocycles. The summed E-state index contributed by atoms with van der Waals surface area (Å²) in [6.45, 7) is 14.2. The predicted octanol–water partition coefficient (Wildman–Crippen LogP) is 6.96. The lowest BCUT2D eigenvalue weighted by atomic mass is 9.74. The second kappa shape index (κ2) is 10.9. The molecule has 0 aliphatic rings. The van der Waals surface area contributed by atoms with Crippen LogP contribution in [-0.4, -0.2) is 26.5 Å². The van der Waals surface area contributed by atoms with Crippen molar-refractivity contribution in [3.05, 3.63) is 71.9 Å². The highest BCUT2D eigenvalue weighted by atomic mass is 28.4. The van der Waals surface area contributed by atoms with Crippen LogP contribution < -0.4 is 4.43 Å². The highest BCUT2D eigenvalue weighted by Gasteiger charge is 2.33. The van der Waals surface area contributed by atoms with Gasteiger partial charge in [-0.15, -0.1) is 6.58 Å². The average Bonchev–Trinajstić information content (AvgIpc) is 2.77. The van der Waals surface area contributed by atoms with E-state index in [4.69, 9.17) is 9.16 Å². The van der Waals surface area contributed by atoms with Crippen LogP contribution in [0.15, 0.2) is 60.8 Å². The van der Waals surface area contributed by atoms with Crippen LogP contribution in [0.2, 0.25) is 13.1 Å². The normalized spacial score (nSPS) is 13.8. The molecule has 32 heavy (non-hydrogen) atoms. The number of carbonyl (C=O) groups excluding carboxylic acids is 1. The quantitative estimate of drug-likeness (QED) is 0.294. The number of carbonyl (C=O) groups is 1. The molecule has 0 amide bonds. The summed E-state index contributed by atoms with van der Waals surface area (Å²) in [5, 5.41) is 9.67. The monoisotopic (exact) mass is 454 g/mol. The zero-order chi connectivity index (χ0) is 23.9. The predicted molar refractivity (Wildman–Crippen MR) is 134 cm³/mol. The van der Waals surface area contributed by atoms with Crippen LogP contribution in [0.4, 0.5) is 0 Å². The van der Waals surface area contributed by atoms with Gasteiger partial charge in [0, 0.05) is 0 Å². The first kappa shape index (κ1) is 25.7. The maximum atomic E-state index is 12.4. The van der Waals surface area contributed by atoms with E-state index >= 15 is 0 Å². The minimum Gasteiger partial charge on any atom is -0.540 e. The molecule has 2 aromatic carbocycles. The van der Waals surface area contributed by atoms with Crippen LogP contribution in [0.3, 0.4) is 0 Å².